The summed E-state index contributed by atoms with van der Waals surface area (Å²) in [5.41, 5.74) is 0. The summed E-state index contributed by atoms with van der Waals surface area (Å²) in [5, 5.41) is 0. The first kappa shape index (κ1) is 71.3. The summed E-state index contributed by atoms with van der Waals surface area (Å²) in [5.74, 6) is -0.941. The number of ether oxygens (including phenoxy) is 3. The lowest BCUT2D eigenvalue weighted by Gasteiger charge is -2.18. The first-order chi connectivity index (χ1) is 37.5. The topological polar surface area (TPSA) is 78.9 Å². The third kappa shape index (κ3) is 60.2. The molecule has 0 saturated carbocycles. The molecule has 0 aromatic rings. The Balaban J connectivity index is 4.26. The van der Waals surface area contributed by atoms with Gasteiger partial charge in [0.25, 0.3) is 0 Å². The van der Waals surface area contributed by atoms with Crippen LogP contribution in [0.4, 0.5) is 0 Å². The first-order valence-corrected chi connectivity index (χ1v) is 30.8. The minimum absolute atomic E-state index is 0.0942. The van der Waals surface area contributed by atoms with Gasteiger partial charge in [-0.15, -0.1) is 0 Å². The van der Waals surface area contributed by atoms with Gasteiger partial charge in [-0.3, -0.25) is 14.4 Å². The van der Waals surface area contributed by atoms with Crippen LogP contribution < -0.4 is 0 Å². The molecule has 0 spiro atoms. The average Bonchev–Trinajstić information content (AvgIpc) is 3.42. The number of allylic oxidation sites excluding steroid dienone is 24. The molecule has 0 aliphatic rings. The molecule has 0 aromatic heterocycles. The Bertz CT molecular complexity index is 1680. The number of hydrogen-bond acceptors (Lipinski definition) is 6. The third-order valence-electron chi connectivity index (χ3n) is 12.6. The van der Waals surface area contributed by atoms with Crippen molar-refractivity contribution in [1.29, 1.82) is 0 Å². The second-order valence-corrected chi connectivity index (χ2v) is 19.9. The van der Waals surface area contributed by atoms with Crippen molar-refractivity contribution in [3.8, 4) is 0 Å². The standard InChI is InChI=1S/C70H112O6/c1-4-7-10-13-16-19-22-24-25-26-27-28-29-30-31-32-33-34-35-36-37-38-39-40-41-42-43-44-45-47-48-51-54-57-60-63-69(72)75-66-67(65-74-68(71)62-59-56-53-50-21-18-15-12-9-6-3)76-70(73)64-61-58-55-52-49-46-23-20-17-14-11-8-5-2/h7,10-11,14,16,19-20,23-25,27-28,30-31,33-34,36-37,39-40,42-43,45,47,67H,4-6,8-9,12-13,15,17-18,21-22,26,29,32,35,38,41,44,46,48-66H2,1-3H3/b10-7-,14-11-,19-16-,23-20-,25-24-,28-27-,31-30-,34-33-,37-36-,40-39-,43-42-,47-45-. The molecular formula is C70H112O6. The van der Waals surface area contributed by atoms with Crippen molar-refractivity contribution in [2.45, 2.75) is 264 Å². The molecule has 0 fully saturated rings. The van der Waals surface area contributed by atoms with Crippen LogP contribution in [-0.2, 0) is 28.6 Å². The van der Waals surface area contributed by atoms with Crippen LogP contribution in [0.15, 0.2) is 146 Å². The summed E-state index contributed by atoms with van der Waals surface area (Å²) in [4.78, 5) is 38.1. The molecule has 0 aliphatic heterocycles. The van der Waals surface area contributed by atoms with Gasteiger partial charge in [-0.2, -0.15) is 0 Å². The molecule has 0 aliphatic carbocycles. The summed E-state index contributed by atoms with van der Waals surface area (Å²) in [6.45, 7) is 6.40. The average molecular weight is 1050 g/mol. The molecule has 6 nitrogen and oxygen atoms in total. The van der Waals surface area contributed by atoms with Crippen LogP contribution in [0.2, 0.25) is 0 Å². The normalized spacial score (nSPS) is 13.1. The van der Waals surface area contributed by atoms with Gasteiger partial charge in [-0.25, -0.2) is 0 Å². The fourth-order valence-electron chi connectivity index (χ4n) is 7.98. The molecule has 1 atom stereocenters. The van der Waals surface area contributed by atoms with Gasteiger partial charge in [0.1, 0.15) is 13.2 Å². The zero-order chi connectivity index (χ0) is 55.0. The quantitative estimate of drug-likeness (QED) is 0.0261. The summed E-state index contributed by atoms with van der Waals surface area (Å²) in [7, 11) is 0. The number of rotatable bonds is 54. The van der Waals surface area contributed by atoms with Crippen molar-refractivity contribution in [2.24, 2.45) is 0 Å². The molecule has 6 heteroatoms. The molecule has 0 heterocycles. The Labute approximate surface area is 467 Å². The minimum atomic E-state index is -0.798. The lowest BCUT2D eigenvalue weighted by Crippen LogP contribution is -2.30. The molecular weight excluding hydrogens is 937 g/mol. The van der Waals surface area contributed by atoms with Crippen LogP contribution in [0.3, 0.4) is 0 Å². The molecule has 0 rings (SSSR count). The van der Waals surface area contributed by atoms with E-state index in [0.29, 0.717) is 19.3 Å². The van der Waals surface area contributed by atoms with Crippen LogP contribution in [-0.4, -0.2) is 37.2 Å². The Morgan fingerprint density at radius 2 is 0.539 bits per heavy atom. The van der Waals surface area contributed by atoms with Crippen molar-refractivity contribution in [3.05, 3.63) is 146 Å². The van der Waals surface area contributed by atoms with Gasteiger partial charge in [0.2, 0.25) is 0 Å². The highest BCUT2D eigenvalue weighted by Gasteiger charge is 2.19. The monoisotopic (exact) mass is 1050 g/mol. The maximum atomic E-state index is 12.8. The fraction of sp³-hybridized carbons (Fsp3) is 0.614. The van der Waals surface area contributed by atoms with E-state index in [4.69, 9.17) is 14.2 Å². The zero-order valence-corrected chi connectivity index (χ0v) is 49.0. The Hall–Kier alpha value is -4.71. The highest BCUT2D eigenvalue weighted by molar-refractivity contribution is 5.71. The number of esters is 3. The lowest BCUT2D eigenvalue weighted by molar-refractivity contribution is -0.167. The molecule has 428 valence electrons. The van der Waals surface area contributed by atoms with Crippen molar-refractivity contribution >= 4 is 17.9 Å². The van der Waals surface area contributed by atoms with E-state index >= 15 is 0 Å². The SMILES string of the molecule is CC/C=C\C/C=C\C/C=C\C/C=C\C/C=C\C/C=C\C/C=C\C/C=C\C/C=C\C/C=C\CCCCCCC(=O)OCC(COC(=O)CCCCCCCCCCCC)OC(=O)CCCCCCC/C=C\C/C=C\CCC. The van der Waals surface area contributed by atoms with Crippen molar-refractivity contribution in [1.82, 2.24) is 0 Å². The second-order valence-electron chi connectivity index (χ2n) is 19.9. The molecule has 1 unspecified atom stereocenters. The van der Waals surface area contributed by atoms with Gasteiger partial charge in [0.05, 0.1) is 0 Å². The Morgan fingerprint density at radius 1 is 0.276 bits per heavy atom. The lowest BCUT2D eigenvalue weighted by atomic mass is 10.1. The van der Waals surface area contributed by atoms with Crippen molar-refractivity contribution < 1.29 is 28.6 Å². The molecule has 0 N–H and O–H groups in total. The zero-order valence-electron chi connectivity index (χ0n) is 49.0. The largest absolute Gasteiger partial charge is 0.462 e. The summed E-state index contributed by atoms with van der Waals surface area (Å²) in [6.07, 6.45) is 90.0. The van der Waals surface area contributed by atoms with Crippen LogP contribution >= 0.6 is 0 Å². The van der Waals surface area contributed by atoms with Crippen LogP contribution in [0.1, 0.15) is 258 Å². The van der Waals surface area contributed by atoms with Crippen molar-refractivity contribution in [2.75, 3.05) is 13.2 Å². The van der Waals surface area contributed by atoms with Gasteiger partial charge in [0, 0.05) is 19.3 Å². The highest BCUT2D eigenvalue weighted by atomic mass is 16.6. The third-order valence-corrected chi connectivity index (χ3v) is 12.6. The molecule has 0 saturated heterocycles. The maximum Gasteiger partial charge on any atom is 0.306 e. The van der Waals surface area contributed by atoms with Crippen LogP contribution in [0.5, 0.6) is 0 Å². The Kier molecular flexibility index (Phi) is 58.9. The maximum absolute atomic E-state index is 12.8. The summed E-state index contributed by atoms with van der Waals surface area (Å²) < 4.78 is 16.8. The second kappa shape index (κ2) is 62.8. The van der Waals surface area contributed by atoms with Crippen molar-refractivity contribution in [3.63, 3.8) is 0 Å². The van der Waals surface area contributed by atoms with E-state index in [2.05, 4.69) is 167 Å². The number of unbranched alkanes of at least 4 members (excludes halogenated alkanes) is 19. The van der Waals surface area contributed by atoms with E-state index in [1.54, 1.807) is 0 Å². The Morgan fingerprint density at radius 3 is 0.855 bits per heavy atom. The van der Waals surface area contributed by atoms with Gasteiger partial charge < -0.3 is 14.2 Å². The summed E-state index contributed by atoms with van der Waals surface area (Å²) >= 11 is 0. The highest BCUT2D eigenvalue weighted by Crippen LogP contribution is 2.14. The van der Waals surface area contributed by atoms with E-state index < -0.39 is 6.10 Å². The van der Waals surface area contributed by atoms with Gasteiger partial charge in [-0.1, -0.05) is 263 Å². The van der Waals surface area contributed by atoms with Gasteiger partial charge in [0.15, 0.2) is 6.10 Å². The van der Waals surface area contributed by atoms with E-state index in [0.717, 1.165) is 167 Å². The van der Waals surface area contributed by atoms with E-state index in [1.165, 1.54) is 51.4 Å². The first-order valence-electron chi connectivity index (χ1n) is 30.8. The number of carbonyl (C=O) groups excluding carboxylic acids is 3. The fourth-order valence-corrected chi connectivity index (χ4v) is 7.98. The van der Waals surface area contributed by atoms with Crippen LogP contribution in [0.25, 0.3) is 0 Å². The number of hydrogen-bond donors (Lipinski definition) is 0. The van der Waals surface area contributed by atoms with Gasteiger partial charge >= 0.3 is 17.9 Å². The molecule has 0 amide bonds. The summed E-state index contributed by atoms with van der Waals surface area (Å²) in [6, 6.07) is 0. The molecule has 0 radical (unpaired) electrons. The number of carbonyl (C=O) groups is 3. The minimum Gasteiger partial charge on any atom is -0.462 e. The molecule has 76 heavy (non-hydrogen) atoms. The van der Waals surface area contributed by atoms with E-state index in [-0.39, 0.29) is 31.1 Å². The molecule has 0 bridgehead atoms. The van der Waals surface area contributed by atoms with E-state index in [1.807, 2.05) is 0 Å². The van der Waals surface area contributed by atoms with Crippen LogP contribution in [0, 0.1) is 0 Å². The van der Waals surface area contributed by atoms with E-state index in [9.17, 15) is 14.4 Å². The predicted octanol–water partition coefficient (Wildman–Crippen LogP) is 21.2. The smallest absolute Gasteiger partial charge is 0.306 e. The predicted molar refractivity (Wildman–Crippen MR) is 329 cm³/mol. The van der Waals surface area contributed by atoms with Gasteiger partial charge in [-0.05, 0) is 122 Å². The molecule has 0 aromatic carbocycles.